The quantitative estimate of drug-likeness (QED) is 0.284. The molecule has 0 fully saturated rings. The summed E-state index contributed by atoms with van der Waals surface area (Å²) >= 11 is 6.17. The van der Waals surface area contributed by atoms with E-state index in [0.717, 1.165) is 29.2 Å². The van der Waals surface area contributed by atoms with E-state index in [1.807, 2.05) is 50.2 Å². The predicted octanol–water partition coefficient (Wildman–Crippen LogP) is 3.79. The van der Waals surface area contributed by atoms with Gasteiger partial charge in [0.05, 0.1) is 6.54 Å². The number of nitrogens with zero attached hydrogens (tertiary/aromatic N) is 2. The third kappa shape index (κ3) is 8.88. The van der Waals surface area contributed by atoms with Gasteiger partial charge in [-0.3, -0.25) is 9.79 Å². The second kappa shape index (κ2) is 13.3. The zero-order chi connectivity index (χ0) is 19.5. The number of amides is 1. The molecule has 1 heterocycles. The predicted molar refractivity (Wildman–Crippen MR) is 127 cm³/mol. The number of rotatable bonds is 8. The number of hydrogen-bond acceptors (Lipinski definition) is 3. The zero-order valence-corrected chi connectivity index (χ0v) is 19.3. The van der Waals surface area contributed by atoms with E-state index in [1.165, 1.54) is 0 Å². The van der Waals surface area contributed by atoms with E-state index in [1.54, 1.807) is 6.07 Å². The van der Waals surface area contributed by atoms with Gasteiger partial charge in [0.15, 0.2) is 5.96 Å². The number of anilines is 1. The SMILES string of the molecule is CCNC(=NCCC(=O)Nc1cccc(C)n1)NCCc1ccccc1Cl.I. The highest BCUT2D eigenvalue weighted by molar-refractivity contribution is 14.0. The molecular formula is C20H27ClIN5O. The lowest BCUT2D eigenvalue weighted by Gasteiger charge is -2.12. The molecule has 3 N–H and O–H groups in total. The van der Waals surface area contributed by atoms with Crippen LogP contribution in [-0.2, 0) is 11.2 Å². The lowest BCUT2D eigenvalue weighted by molar-refractivity contribution is -0.116. The highest BCUT2D eigenvalue weighted by Crippen LogP contribution is 2.14. The van der Waals surface area contributed by atoms with E-state index in [4.69, 9.17) is 11.6 Å². The fourth-order valence-corrected chi connectivity index (χ4v) is 2.68. The zero-order valence-electron chi connectivity index (χ0n) is 16.2. The van der Waals surface area contributed by atoms with Gasteiger partial charge in [0.2, 0.25) is 5.91 Å². The first-order valence-electron chi connectivity index (χ1n) is 9.07. The molecule has 1 aromatic heterocycles. The Kier molecular flexibility index (Phi) is 11.5. The van der Waals surface area contributed by atoms with Gasteiger partial charge >= 0.3 is 0 Å². The molecule has 0 unspecified atom stereocenters. The van der Waals surface area contributed by atoms with Gasteiger partial charge < -0.3 is 16.0 Å². The number of guanidine groups is 1. The van der Waals surface area contributed by atoms with Crippen molar-refractivity contribution >= 4 is 53.3 Å². The number of hydrogen-bond donors (Lipinski definition) is 3. The van der Waals surface area contributed by atoms with Gasteiger partial charge in [-0.15, -0.1) is 24.0 Å². The number of pyridine rings is 1. The Morgan fingerprint density at radius 2 is 1.93 bits per heavy atom. The second-order valence-electron chi connectivity index (χ2n) is 5.99. The molecule has 152 valence electrons. The number of carbonyl (C=O) groups is 1. The van der Waals surface area contributed by atoms with E-state index in [0.29, 0.717) is 24.9 Å². The van der Waals surface area contributed by atoms with Crippen molar-refractivity contribution in [1.29, 1.82) is 0 Å². The Bertz CT molecular complexity index is 785. The number of halogens is 2. The van der Waals surface area contributed by atoms with Gasteiger partial charge in [0, 0.05) is 30.2 Å². The molecule has 0 aliphatic rings. The molecule has 0 saturated heterocycles. The summed E-state index contributed by atoms with van der Waals surface area (Å²) in [6.07, 6.45) is 1.08. The molecule has 1 amide bonds. The summed E-state index contributed by atoms with van der Waals surface area (Å²) in [5.41, 5.74) is 1.95. The maximum Gasteiger partial charge on any atom is 0.227 e. The smallest absolute Gasteiger partial charge is 0.227 e. The van der Waals surface area contributed by atoms with Crippen LogP contribution in [0.15, 0.2) is 47.5 Å². The molecule has 0 atom stereocenters. The van der Waals surface area contributed by atoms with Gasteiger partial charge in [-0.1, -0.05) is 35.9 Å². The van der Waals surface area contributed by atoms with Crippen LogP contribution in [0, 0.1) is 6.92 Å². The van der Waals surface area contributed by atoms with Crippen LogP contribution >= 0.6 is 35.6 Å². The molecule has 0 bridgehead atoms. The van der Waals surface area contributed by atoms with Crippen LogP contribution in [0.4, 0.5) is 5.82 Å². The first-order valence-corrected chi connectivity index (χ1v) is 9.45. The average Bonchev–Trinajstić information content (AvgIpc) is 2.63. The third-order valence-electron chi connectivity index (χ3n) is 3.75. The number of aromatic nitrogens is 1. The van der Waals surface area contributed by atoms with Crippen LogP contribution in [0.2, 0.25) is 5.02 Å². The summed E-state index contributed by atoms with van der Waals surface area (Å²) < 4.78 is 0. The topological polar surface area (TPSA) is 78.4 Å². The molecule has 6 nitrogen and oxygen atoms in total. The Morgan fingerprint density at radius 1 is 1.14 bits per heavy atom. The molecule has 2 rings (SSSR count). The summed E-state index contributed by atoms with van der Waals surface area (Å²) in [6.45, 7) is 5.73. The van der Waals surface area contributed by atoms with Crippen molar-refractivity contribution in [1.82, 2.24) is 15.6 Å². The molecule has 0 radical (unpaired) electrons. The van der Waals surface area contributed by atoms with Gasteiger partial charge in [-0.05, 0) is 44.0 Å². The molecule has 8 heteroatoms. The van der Waals surface area contributed by atoms with E-state index >= 15 is 0 Å². The molecule has 1 aromatic carbocycles. The van der Waals surface area contributed by atoms with Crippen molar-refractivity contribution in [3.05, 3.63) is 58.7 Å². The third-order valence-corrected chi connectivity index (χ3v) is 4.12. The van der Waals surface area contributed by atoms with E-state index in [2.05, 4.69) is 25.9 Å². The Balaban J connectivity index is 0.00000392. The van der Waals surface area contributed by atoms with Gasteiger partial charge in [-0.25, -0.2) is 4.98 Å². The van der Waals surface area contributed by atoms with E-state index in [-0.39, 0.29) is 36.3 Å². The Morgan fingerprint density at radius 3 is 2.64 bits per heavy atom. The van der Waals surface area contributed by atoms with Crippen molar-refractivity contribution in [2.24, 2.45) is 4.99 Å². The van der Waals surface area contributed by atoms with Crippen molar-refractivity contribution in [3.63, 3.8) is 0 Å². The molecule has 0 saturated carbocycles. The lowest BCUT2D eigenvalue weighted by Crippen LogP contribution is -2.38. The minimum atomic E-state index is -0.108. The standard InChI is InChI=1S/C20H26ClN5O.HI/c1-3-22-20(23-13-11-16-8-4-5-9-17(16)21)24-14-12-19(27)26-18-10-6-7-15(2)25-18;/h4-10H,3,11-14H2,1-2H3,(H2,22,23,24)(H,25,26,27);1H. The minimum absolute atomic E-state index is 0. The number of carbonyl (C=O) groups excluding carboxylic acids is 1. The second-order valence-corrected chi connectivity index (χ2v) is 6.40. The lowest BCUT2D eigenvalue weighted by atomic mass is 10.1. The Labute approximate surface area is 188 Å². The van der Waals surface area contributed by atoms with Gasteiger partial charge in [-0.2, -0.15) is 0 Å². The summed E-state index contributed by atoms with van der Waals surface area (Å²) in [5.74, 6) is 1.14. The summed E-state index contributed by atoms with van der Waals surface area (Å²) in [4.78, 5) is 20.7. The fourth-order valence-electron chi connectivity index (χ4n) is 2.45. The normalized spacial score (nSPS) is 10.8. The monoisotopic (exact) mass is 515 g/mol. The van der Waals surface area contributed by atoms with Gasteiger partial charge in [0.1, 0.15) is 5.82 Å². The van der Waals surface area contributed by atoms with E-state index < -0.39 is 0 Å². The maximum absolute atomic E-state index is 12.0. The molecule has 2 aromatic rings. The minimum Gasteiger partial charge on any atom is -0.357 e. The number of aryl methyl sites for hydroxylation is 1. The molecule has 0 aliphatic heterocycles. The number of aliphatic imine (C=N–C) groups is 1. The van der Waals surface area contributed by atoms with Crippen LogP contribution < -0.4 is 16.0 Å². The Hall–Kier alpha value is -1.87. The molecule has 28 heavy (non-hydrogen) atoms. The first kappa shape index (κ1) is 24.2. The van der Waals surface area contributed by atoms with Crippen LogP contribution in [0.1, 0.15) is 24.6 Å². The van der Waals surface area contributed by atoms with Crippen molar-refractivity contribution in [3.8, 4) is 0 Å². The molecule has 0 spiro atoms. The highest BCUT2D eigenvalue weighted by atomic mass is 127. The first-order chi connectivity index (χ1) is 13.1. The number of nitrogens with one attached hydrogen (secondary N) is 3. The molecular weight excluding hydrogens is 489 g/mol. The highest BCUT2D eigenvalue weighted by Gasteiger charge is 2.04. The van der Waals surface area contributed by atoms with Crippen LogP contribution in [0.5, 0.6) is 0 Å². The summed E-state index contributed by atoms with van der Waals surface area (Å²) in [7, 11) is 0. The van der Waals surface area contributed by atoms with Crippen molar-refractivity contribution in [2.45, 2.75) is 26.7 Å². The van der Waals surface area contributed by atoms with Crippen molar-refractivity contribution in [2.75, 3.05) is 25.0 Å². The average molecular weight is 516 g/mol. The van der Waals surface area contributed by atoms with Crippen LogP contribution in [0.3, 0.4) is 0 Å². The molecule has 0 aliphatic carbocycles. The maximum atomic E-state index is 12.0. The largest absolute Gasteiger partial charge is 0.357 e. The summed E-state index contributed by atoms with van der Waals surface area (Å²) in [6, 6.07) is 13.3. The van der Waals surface area contributed by atoms with Gasteiger partial charge in [0.25, 0.3) is 0 Å². The number of benzene rings is 1. The fraction of sp³-hybridized carbons (Fsp3) is 0.350. The van der Waals surface area contributed by atoms with E-state index in [9.17, 15) is 4.79 Å². The van der Waals surface area contributed by atoms with Crippen LogP contribution in [0.25, 0.3) is 0 Å². The summed E-state index contributed by atoms with van der Waals surface area (Å²) in [5, 5.41) is 9.99. The van der Waals surface area contributed by atoms with Crippen molar-refractivity contribution < 1.29 is 4.79 Å². The van der Waals surface area contributed by atoms with Crippen LogP contribution in [-0.4, -0.2) is 36.5 Å².